The Bertz CT molecular complexity index is 322. The van der Waals surface area contributed by atoms with Gasteiger partial charge in [-0.15, -0.1) is 0 Å². The van der Waals surface area contributed by atoms with E-state index in [9.17, 15) is 5.11 Å². The van der Waals surface area contributed by atoms with Crippen LogP contribution in [-0.4, -0.2) is 56.1 Å². The molecule has 26 heavy (non-hydrogen) atoms. The van der Waals surface area contributed by atoms with Crippen LogP contribution in [0.3, 0.4) is 0 Å². The summed E-state index contributed by atoms with van der Waals surface area (Å²) >= 11 is 0. The number of aliphatic hydroxyl groups excluding tert-OH is 1. The van der Waals surface area contributed by atoms with E-state index in [1.807, 2.05) is 13.8 Å². The van der Waals surface area contributed by atoms with Crippen molar-refractivity contribution in [2.24, 2.45) is 0 Å². The van der Waals surface area contributed by atoms with Gasteiger partial charge < -0.3 is 24.1 Å². The molecule has 0 aromatic heterocycles. The van der Waals surface area contributed by atoms with Gasteiger partial charge in [-0.3, -0.25) is 0 Å². The molecule has 1 heterocycles. The summed E-state index contributed by atoms with van der Waals surface area (Å²) in [4.78, 5) is 0. The molecule has 1 saturated heterocycles. The predicted molar refractivity (Wildman–Crippen MR) is 104 cm³/mol. The Morgan fingerprint density at radius 2 is 1.50 bits per heavy atom. The predicted octanol–water partition coefficient (Wildman–Crippen LogP) is 4.45. The standard InChI is InChI=1S/C21H42O5/c1-4-5-6-7-8-9-10-11-12-13-14-23-15-19(22)16-24-17-20-18-25-21(2,3)26-20/h19-20,22H,4-18H2,1-3H3. The van der Waals surface area contributed by atoms with Crippen LogP contribution in [0.5, 0.6) is 0 Å². The molecule has 1 fully saturated rings. The summed E-state index contributed by atoms with van der Waals surface area (Å²) in [5, 5.41) is 9.87. The molecule has 2 atom stereocenters. The lowest BCUT2D eigenvalue weighted by Crippen LogP contribution is -2.27. The Labute approximate surface area is 160 Å². The van der Waals surface area contributed by atoms with Gasteiger partial charge in [-0.1, -0.05) is 64.7 Å². The Morgan fingerprint density at radius 1 is 0.923 bits per heavy atom. The number of hydrogen-bond acceptors (Lipinski definition) is 5. The quantitative estimate of drug-likeness (QED) is 0.381. The average molecular weight is 375 g/mol. The van der Waals surface area contributed by atoms with Crippen LogP contribution < -0.4 is 0 Å². The molecule has 0 aliphatic carbocycles. The zero-order valence-corrected chi connectivity index (χ0v) is 17.3. The minimum atomic E-state index is -0.576. The zero-order valence-electron chi connectivity index (χ0n) is 17.3. The van der Waals surface area contributed by atoms with E-state index >= 15 is 0 Å². The molecule has 1 aliphatic rings. The minimum absolute atomic E-state index is 0.0511. The highest BCUT2D eigenvalue weighted by atomic mass is 16.7. The van der Waals surface area contributed by atoms with E-state index < -0.39 is 11.9 Å². The lowest BCUT2D eigenvalue weighted by molar-refractivity contribution is -0.146. The highest BCUT2D eigenvalue weighted by Crippen LogP contribution is 2.22. The van der Waals surface area contributed by atoms with Crippen molar-refractivity contribution in [1.29, 1.82) is 0 Å². The van der Waals surface area contributed by atoms with Crippen molar-refractivity contribution in [3.8, 4) is 0 Å². The molecule has 0 aromatic carbocycles. The Hall–Kier alpha value is -0.200. The molecule has 0 radical (unpaired) electrons. The van der Waals surface area contributed by atoms with Crippen molar-refractivity contribution in [2.75, 3.05) is 33.0 Å². The molecule has 0 saturated carbocycles. The molecule has 156 valence electrons. The summed E-state index contributed by atoms with van der Waals surface area (Å²) in [6.45, 7) is 8.37. The molecule has 2 unspecified atom stereocenters. The highest BCUT2D eigenvalue weighted by Gasteiger charge is 2.32. The molecular weight excluding hydrogens is 332 g/mol. The molecule has 1 aliphatic heterocycles. The fourth-order valence-electron chi connectivity index (χ4n) is 3.14. The van der Waals surface area contributed by atoms with E-state index in [0.29, 0.717) is 19.8 Å². The van der Waals surface area contributed by atoms with Crippen molar-refractivity contribution in [3.05, 3.63) is 0 Å². The van der Waals surface area contributed by atoms with E-state index in [1.165, 1.54) is 57.8 Å². The lowest BCUT2D eigenvalue weighted by atomic mass is 10.1. The Balaban J connectivity index is 1.79. The summed E-state index contributed by atoms with van der Waals surface area (Å²) < 4.78 is 22.2. The second-order valence-corrected chi connectivity index (χ2v) is 7.90. The van der Waals surface area contributed by atoms with Crippen molar-refractivity contribution in [2.45, 2.75) is 103 Å². The van der Waals surface area contributed by atoms with Gasteiger partial charge in [-0.25, -0.2) is 0 Å². The van der Waals surface area contributed by atoms with E-state index in [0.717, 1.165) is 13.0 Å². The first-order chi connectivity index (χ1) is 12.5. The minimum Gasteiger partial charge on any atom is -0.388 e. The van der Waals surface area contributed by atoms with Crippen LogP contribution in [0, 0.1) is 0 Å². The summed E-state index contributed by atoms with van der Waals surface area (Å²) in [5.41, 5.74) is 0. The summed E-state index contributed by atoms with van der Waals surface area (Å²) in [7, 11) is 0. The summed E-state index contributed by atoms with van der Waals surface area (Å²) in [5.74, 6) is -0.523. The summed E-state index contributed by atoms with van der Waals surface area (Å²) in [6.07, 6.45) is 12.6. The largest absolute Gasteiger partial charge is 0.388 e. The summed E-state index contributed by atoms with van der Waals surface area (Å²) in [6, 6.07) is 0. The number of unbranched alkanes of at least 4 members (excludes halogenated alkanes) is 9. The highest BCUT2D eigenvalue weighted by molar-refractivity contribution is 4.70. The van der Waals surface area contributed by atoms with Gasteiger partial charge in [-0.05, 0) is 20.3 Å². The van der Waals surface area contributed by atoms with Crippen LogP contribution in [0.2, 0.25) is 0 Å². The molecule has 0 aromatic rings. The van der Waals surface area contributed by atoms with Gasteiger partial charge in [0.15, 0.2) is 5.79 Å². The van der Waals surface area contributed by atoms with Crippen molar-refractivity contribution < 1.29 is 24.1 Å². The van der Waals surface area contributed by atoms with Crippen LogP contribution >= 0.6 is 0 Å². The second-order valence-electron chi connectivity index (χ2n) is 7.90. The molecule has 0 spiro atoms. The van der Waals surface area contributed by atoms with Gasteiger partial charge in [0.25, 0.3) is 0 Å². The van der Waals surface area contributed by atoms with Gasteiger partial charge in [0.1, 0.15) is 12.2 Å². The van der Waals surface area contributed by atoms with Gasteiger partial charge in [0.05, 0.1) is 26.4 Å². The normalized spacial score (nSPS) is 20.5. The topological polar surface area (TPSA) is 57.2 Å². The molecule has 5 nitrogen and oxygen atoms in total. The smallest absolute Gasteiger partial charge is 0.163 e. The van der Waals surface area contributed by atoms with Crippen LogP contribution in [0.1, 0.15) is 85.0 Å². The molecule has 5 heteroatoms. The maximum absolute atomic E-state index is 9.87. The van der Waals surface area contributed by atoms with Gasteiger partial charge in [-0.2, -0.15) is 0 Å². The van der Waals surface area contributed by atoms with Crippen molar-refractivity contribution in [3.63, 3.8) is 0 Å². The van der Waals surface area contributed by atoms with Gasteiger partial charge >= 0.3 is 0 Å². The molecule has 1 N–H and O–H groups in total. The van der Waals surface area contributed by atoms with Crippen LogP contribution in [0.4, 0.5) is 0 Å². The van der Waals surface area contributed by atoms with Crippen LogP contribution in [-0.2, 0) is 18.9 Å². The van der Waals surface area contributed by atoms with Gasteiger partial charge in [0.2, 0.25) is 0 Å². The second kappa shape index (κ2) is 14.8. The Morgan fingerprint density at radius 3 is 2.08 bits per heavy atom. The monoisotopic (exact) mass is 374 g/mol. The third-order valence-electron chi connectivity index (χ3n) is 4.63. The number of rotatable bonds is 17. The first-order valence-corrected chi connectivity index (χ1v) is 10.7. The average Bonchev–Trinajstić information content (AvgIpc) is 2.95. The van der Waals surface area contributed by atoms with Gasteiger partial charge in [0, 0.05) is 6.61 Å². The molecule has 0 bridgehead atoms. The van der Waals surface area contributed by atoms with Crippen molar-refractivity contribution in [1.82, 2.24) is 0 Å². The van der Waals surface area contributed by atoms with Crippen LogP contribution in [0.15, 0.2) is 0 Å². The Kier molecular flexibility index (Phi) is 13.6. The number of aliphatic hydroxyl groups is 1. The third-order valence-corrected chi connectivity index (χ3v) is 4.63. The van der Waals surface area contributed by atoms with E-state index in [1.54, 1.807) is 0 Å². The molecule has 1 rings (SSSR count). The first-order valence-electron chi connectivity index (χ1n) is 10.7. The SMILES string of the molecule is CCCCCCCCCCCCOCC(O)COCC1COC(C)(C)O1. The van der Waals surface area contributed by atoms with Crippen LogP contribution in [0.25, 0.3) is 0 Å². The molecule has 0 amide bonds. The number of hydrogen-bond donors (Lipinski definition) is 1. The maximum atomic E-state index is 9.87. The maximum Gasteiger partial charge on any atom is 0.163 e. The molecular formula is C21H42O5. The first kappa shape index (κ1) is 23.8. The van der Waals surface area contributed by atoms with E-state index in [2.05, 4.69) is 6.92 Å². The van der Waals surface area contributed by atoms with E-state index in [4.69, 9.17) is 18.9 Å². The zero-order chi connectivity index (χ0) is 19.1. The van der Waals surface area contributed by atoms with E-state index in [-0.39, 0.29) is 12.7 Å². The third kappa shape index (κ3) is 13.0. The fourth-order valence-corrected chi connectivity index (χ4v) is 3.14. The number of ether oxygens (including phenoxy) is 4. The van der Waals surface area contributed by atoms with Crippen molar-refractivity contribution >= 4 is 0 Å². The lowest BCUT2D eigenvalue weighted by Gasteiger charge is -2.17. The fraction of sp³-hybridized carbons (Fsp3) is 1.00.